The van der Waals surface area contributed by atoms with Crippen molar-refractivity contribution in [1.82, 2.24) is 14.8 Å². The summed E-state index contributed by atoms with van der Waals surface area (Å²) in [6.45, 7) is 0. The van der Waals surface area contributed by atoms with Crippen molar-refractivity contribution in [2.24, 2.45) is 0 Å². The minimum Gasteiger partial charge on any atom is -0.497 e. The van der Waals surface area contributed by atoms with Crippen LogP contribution in [0, 0.1) is 0 Å². The molecule has 0 unspecified atom stereocenters. The van der Waals surface area contributed by atoms with Crippen molar-refractivity contribution in [3.8, 4) is 5.75 Å². The molecule has 32 heavy (non-hydrogen) atoms. The number of rotatable bonds is 4. The van der Waals surface area contributed by atoms with Crippen LogP contribution in [0.4, 0.5) is 24.7 Å². The molecule has 7 nitrogen and oxygen atoms in total. The first-order valence-electron chi connectivity index (χ1n) is 9.36. The van der Waals surface area contributed by atoms with E-state index in [1.165, 1.54) is 19.4 Å². The van der Waals surface area contributed by atoms with Gasteiger partial charge >= 0.3 is 6.18 Å². The number of hydrogen-bond donors (Lipinski definition) is 2. The van der Waals surface area contributed by atoms with E-state index in [-0.39, 0.29) is 33.8 Å². The summed E-state index contributed by atoms with van der Waals surface area (Å²) in [4.78, 5) is 16.5. The highest BCUT2D eigenvalue weighted by atomic mass is 35.5. The van der Waals surface area contributed by atoms with E-state index in [2.05, 4.69) is 20.7 Å². The number of pyridine rings is 1. The minimum absolute atomic E-state index is 0.0202. The fourth-order valence-electron chi connectivity index (χ4n) is 3.45. The quantitative estimate of drug-likeness (QED) is 0.476. The monoisotopic (exact) mass is 485 g/mol. The number of anilines is 2. The molecular weight excluding hydrogens is 470 g/mol. The molecule has 1 aliphatic rings. The van der Waals surface area contributed by atoms with Gasteiger partial charge in [0.15, 0.2) is 16.9 Å². The third-order valence-corrected chi connectivity index (χ3v) is 5.70. The lowest BCUT2D eigenvalue weighted by Crippen LogP contribution is -2.35. The Balaban J connectivity index is 1.69. The second-order valence-corrected chi connectivity index (χ2v) is 7.75. The smallest absolute Gasteiger partial charge is 0.410 e. The molecule has 0 spiro atoms. The summed E-state index contributed by atoms with van der Waals surface area (Å²) in [5, 5.41) is 9.13. The van der Waals surface area contributed by atoms with Crippen LogP contribution in [0.25, 0.3) is 0 Å². The molecule has 0 radical (unpaired) electrons. The Hall–Kier alpha value is -2.98. The minimum atomic E-state index is -4.61. The first-order chi connectivity index (χ1) is 15.2. The van der Waals surface area contributed by atoms with Gasteiger partial charge in [-0.05, 0) is 29.8 Å². The number of benzene rings is 1. The first kappa shape index (κ1) is 22.2. The van der Waals surface area contributed by atoms with Crippen LogP contribution in [0.1, 0.15) is 34.6 Å². The van der Waals surface area contributed by atoms with Gasteiger partial charge in [-0.2, -0.15) is 18.3 Å². The van der Waals surface area contributed by atoms with E-state index in [0.717, 1.165) is 0 Å². The van der Waals surface area contributed by atoms with Crippen LogP contribution in [0.3, 0.4) is 0 Å². The van der Waals surface area contributed by atoms with Gasteiger partial charge in [-0.15, -0.1) is 0 Å². The number of carbonyl (C=O) groups excluding carboxylic acids is 1. The summed E-state index contributed by atoms with van der Waals surface area (Å²) in [6.07, 6.45) is -3.52. The Morgan fingerprint density at radius 2 is 1.97 bits per heavy atom. The molecule has 12 heteroatoms. The lowest BCUT2D eigenvalue weighted by atomic mass is 9.97. The number of carbonyl (C=O) groups is 1. The highest BCUT2D eigenvalue weighted by Crippen LogP contribution is 2.46. The largest absolute Gasteiger partial charge is 0.497 e. The molecule has 1 aliphatic heterocycles. The average molecular weight is 486 g/mol. The maximum absolute atomic E-state index is 13.9. The van der Waals surface area contributed by atoms with Crippen LogP contribution in [-0.4, -0.2) is 34.0 Å². The van der Waals surface area contributed by atoms with Gasteiger partial charge in [0.1, 0.15) is 16.6 Å². The van der Waals surface area contributed by atoms with Gasteiger partial charge in [0.2, 0.25) is 0 Å². The molecule has 3 aromatic rings. The molecular formula is C20H16Cl2F3N5O2. The summed E-state index contributed by atoms with van der Waals surface area (Å²) < 4.78 is 47.5. The third-order valence-electron chi connectivity index (χ3n) is 5.04. The Morgan fingerprint density at radius 3 is 2.59 bits per heavy atom. The van der Waals surface area contributed by atoms with Gasteiger partial charge in [0, 0.05) is 12.6 Å². The maximum atomic E-state index is 13.9. The van der Waals surface area contributed by atoms with Crippen molar-refractivity contribution in [2.45, 2.75) is 24.7 Å². The lowest BCUT2D eigenvalue weighted by Gasteiger charge is -2.33. The van der Waals surface area contributed by atoms with Crippen LogP contribution in [0.5, 0.6) is 5.75 Å². The summed E-state index contributed by atoms with van der Waals surface area (Å²) in [7, 11) is 1.50. The molecule has 168 valence electrons. The number of amides is 1. The number of methoxy groups -OCH3 is 1. The van der Waals surface area contributed by atoms with Crippen LogP contribution in [0.2, 0.25) is 10.2 Å². The van der Waals surface area contributed by atoms with Gasteiger partial charge in [-0.1, -0.05) is 35.3 Å². The number of alkyl halides is 3. The molecule has 1 amide bonds. The van der Waals surface area contributed by atoms with E-state index in [1.807, 2.05) is 0 Å². The molecule has 0 bridgehead atoms. The normalized spacial score (nSPS) is 17.9. The molecule has 0 aliphatic carbocycles. The maximum Gasteiger partial charge on any atom is 0.410 e. The van der Waals surface area contributed by atoms with Gasteiger partial charge in [0.25, 0.3) is 5.91 Å². The zero-order chi connectivity index (χ0) is 23.0. The average Bonchev–Trinajstić information content (AvgIpc) is 3.10. The summed E-state index contributed by atoms with van der Waals surface area (Å²) in [5.74, 6) is -0.327. The Morgan fingerprint density at radius 1 is 1.25 bits per heavy atom. The zero-order valence-electron chi connectivity index (χ0n) is 16.5. The van der Waals surface area contributed by atoms with E-state index in [4.69, 9.17) is 27.9 Å². The lowest BCUT2D eigenvalue weighted by molar-refractivity contribution is -0.173. The molecule has 0 saturated heterocycles. The Kier molecular flexibility index (Phi) is 5.91. The van der Waals surface area contributed by atoms with Crippen molar-refractivity contribution in [2.75, 3.05) is 17.7 Å². The standard InChI is InChI=1S/C20H16Cl2F3N5O2/c1-32-11-6-4-10(5-7-11)13-9-14(20(23,24)25)30-18(27-13)15(21)16(29-30)19(31)28-12-3-2-8-26-17(12)22/h2-8,13-14,27H,9H2,1H3,(H,28,31)/t13-,14-/m0/s1. The second kappa shape index (κ2) is 8.51. The van der Waals surface area contributed by atoms with Crippen LogP contribution in [0.15, 0.2) is 42.6 Å². The number of fused-ring (bicyclic) bond motifs is 1. The van der Waals surface area contributed by atoms with E-state index in [9.17, 15) is 18.0 Å². The van der Waals surface area contributed by atoms with Crippen molar-refractivity contribution in [1.29, 1.82) is 0 Å². The number of halogens is 5. The Labute approximate surface area is 190 Å². The number of nitrogens with one attached hydrogen (secondary N) is 2. The van der Waals surface area contributed by atoms with E-state index < -0.39 is 24.2 Å². The van der Waals surface area contributed by atoms with Crippen molar-refractivity contribution in [3.63, 3.8) is 0 Å². The Bertz CT molecular complexity index is 1150. The van der Waals surface area contributed by atoms with E-state index >= 15 is 0 Å². The predicted molar refractivity (Wildman–Crippen MR) is 114 cm³/mol. The summed E-state index contributed by atoms with van der Waals surface area (Å²) in [5.41, 5.74) is 0.424. The number of ether oxygens (including phenoxy) is 1. The van der Waals surface area contributed by atoms with Crippen molar-refractivity contribution >= 4 is 40.6 Å². The molecule has 2 aromatic heterocycles. The molecule has 3 heterocycles. The van der Waals surface area contributed by atoms with Gasteiger partial charge in [-0.25, -0.2) is 9.67 Å². The topological polar surface area (TPSA) is 81.1 Å². The van der Waals surface area contributed by atoms with Gasteiger partial charge < -0.3 is 15.4 Å². The van der Waals surface area contributed by atoms with Crippen molar-refractivity contribution < 1.29 is 22.7 Å². The molecule has 0 saturated carbocycles. The van der Waals surface area contributed by atoms with E-state index in [1.54, 1.807) is 30.3 Å². The molecule has 2 N–H and O–H groups in total. The fourth-order valence-corrected chi connectivity index (χ4v) is 3.88. The van der Waals surface area contributed by atoms with Crippen LogP contribution in [-0.2, 0) is 0 Å². The summed E-state index contributed by atoms with van der Waals surface area (Å²) >= 11 is 12.3. The SMILES string of the molecule is COc1ccc([C@@H]2C[C@@H](C(F)(F)F)n3nc(C(=O)Nc4cccnc4Cl)c(Cl)c3N2)cc1. The van der Waals surface area contributed by atoms with Crippen molar-refractivity contribution in [3.05, 3.63) is 64.0 Å². The first-order valence-corrected chi connectivity index (χ1v) is 10.1. The van der Waals surface area contributed by atoms with Gasteiger partial charge in [-0.3, -0.25) is 4.79 Å². The zero-order valence-corrected chi connectivity index (χ0v) is 18.0. The molecule has 2 atom stereocenters. The predicted octanol–water partition coefficient (Wildman–Crippen LogP) is 5.51. The molecule has 0 fully saturated rings. The molecule has 1 aromatic carbocycles. The highest BCUT2D eigenvalue weighted by molar-refractivity contribution is 6.37. The number of hydrogen-bond acceptors (Lipinski definition) is 5. The third kappa shape index (κ3) is 4.20. The number of nitrogens with zero attached hydrogens (tertiary/aromatic N) is 3. The van der Waals surface area contributed by atoms with Gasteiger partial charge in [0.05, 0.1) is 18.8 Å². The fraction of sp³-hybridized carbons (Fsp3) is 0.250. The molecule has 4 rings (SSSR count). The van der Waals surface area contributed by atoms with E-state index in [0.29, 0.717) is 16.0 Å². The highest BCUT2D eigenvalue weighted by Gasteiger charge is 2.47. The second-order valence-electron chi connectivity index (χ2n) is 7.01. The summed E-state index contributed by atoms with van der Waals surface area (Å²) in [6, 6.07) is 7.00. The van der Waals surface area contributed by atoms with Crippen LogP contribution < -0.4 is 15.4 Å². The number of aromatic nitrogens is 3. The van der Waals surface area contributed by atoms with Crippen LogP contribution >= 0.6 is 23.2 Å².